The minimum atomic E-state index is -1.18. The second-order valence-electron chi connectivity index (χ2n) is 14.0. The number of rotatable bonds is 23. The number of aromatic amines is 1. The Bertz CT molecular complexity index is 1490. The highest BCUT2D eigenvalue weighted by atomic mass is 16.4. The molecule has 0 spiro atoms. The first-order valence-corrected chi connectivity index (χ1v) is 20.1. The van der Waals surface area contributed by atoms with Gasteiger partial charge >= 0.3 is 53.7 Å². The van der Waals surface area contributed by atoms with E-state index in [-0.39, 0.29) is 31.7 Å². The van der Waals surface area contributed by atoms with Crippen molar-refractivity contribution in [1.29, 1.82) is 0 Å². The molecule has 0 amide bonds. The molecule has 1 aromatic rings. The van der Waals surface area contributed by atoms with E-state index in [1.807, 2.05) is 27.7 Å². The molecule has 400 valence electrons. The van der Waals surface area contributed by atoms with Crippen LogP contribution in [-0.4, -0.2) is 188 Å². The summed E-state index contributed by atoms with van der Waals surface area (Å²) in [6.07, 6.45) is 6.68. The molecular formula is C37H77N11O20. The third kappa shape index (κ3) is 60.0. The van der Waals surface area contributed by atoms with Crippen LogP contribution >= 0.6 is 0 Å². The van der Waals surface area contributed by atoms with Crippen LogP contribution in [0.15, 0.2) is 12.5 Å². The van der Waals surface area contributed by atoms with E-state index in [1.165, 1.54) is 6.33 Å². The quantitative estimate of drug-likeness (QED) is 0.0456. The zero-order valence-electron chi connectivity index (χ0n) is 38.6. The average molecular weight is 996 g/mol. The molecule has 31 nitrogen and oxygen atoms in total. The summed E-state index contributed by atoms with van der Waals surface area (Å²) in [5, 5.41) is 89.1. The van der Waals surface area contributed by atoms with Gasteiger partial charge in [0.05, 0.1) is 31.8 Å². The highest BCUT2D eigenvalue weighted by Crippen LogP contribution is 2.04. The Balaban J connectivity index is -0.000000126. The molecule has 0 bridgehead atoms. The molecule has 0 saturated carbocycles. The van der Waals surface area contributed by atoms with E-state index in [4.69, 9.17) is 102 Å². The molecule has 1 rings (SSSR count). The standard InChI is InChI=1S/C6H9N3O2.C6H14N2O2.2C6H13NO2.C5H9NO4.2C3H7NO3.C2H5NO2/c7-5(6(10)11)1-4-2-8-3-9-4;7-4-2-1-3-5(8)6(9)10;1-4(2)3-5(7)6(8)9;1-3-4(2)5(7)6(8)9;6-3(5(9)10)1-2-4(7)8;2*4-2(1-5)3(6)7;3-1-2(4)5/h2-3,5H,1,7H2,(H,8,9)(H,10,11);5H,1-4,7-8H2,(H,9,10);2*4-5H,3,7H2,1-2H3,(H,8,9);3H,1-2,6H2,(H,7,8)(H,9,10);2*2,5H,1,4H2,(H,6,7);1,3H2,(H,4,5). The van der Waals surface area contributed by atoms with Crippen LogP contribution in [0.5, 0.6) is 0 Å². The van der Waals surface area contributed by atoms with Crippen molar-refractivity contribution >= 4 is 53.7 Å². The SMILES string of the molecule is CC(C)CC(N)C(=O)O.CCC(C)C(N)C(=O)O.NC(CCC(=O)O)C(=O)O.NC(CO)C(=O)O.NC(CO)C(=O)O.NC(Cc1c[nH]cn1)C(=O)O.NCC(=O)O.NCCCCC(N)C(=O)O. The summed E-state index contributed by atoms with van der Waals surface area (Å²) in [7, 11) is 0. The summed E-state index contributed by atoms with van der Waals surface area (Å²) in [4.78, 5) is 95.6. The van der Waals surface area contributed by atoms with Gasteiger partial charge in [-0.1, -0.05) is 40.5 Å². The fourth-order valence-electron chi connectivity index (χ4n) is 3.01. The Kier molecular flexibility index (Phi) is 54.9. The van der Waals surface area contributed by atoms with Gasteiger partial charge in [-0.25, -0.2) is 4.98 Å². The van der Waals surface area contributed by atoms with Gasteiger partial charge in [0, 0.05) is 19.0 Å². The van der Waals surface area contributed by atoms with Crippen molar-refractivity contribution in [2.24, 2.45) is 63.4 Å². The number of imidazole rings is 1. The molecule has 0 fully saturated rings. The first-order chi connectivity index (χ1) is 31.2. The van der Waals surface area contributed by atoms with E-state index in [1.54, 1.807) is 6.20 Å². The Morgan fingerprint density at radius 1 is 0.559 bits per heavy atom. The van der Waals surface area contributed by atoms with Crippen LogP contribution in [0.1, 0.15) is 78.3 Å². The molecule has 0 saturated heterocycles. The highest BCUT2D eigenvalue weighted by molar-refractivity contribution is 5.76. The lowest BCUT2D eigenvalue weighted by Gasteiger charge is -2.11. The molecule has 8 atom stereocenters. The fraction of sp³-hybridized carbons (Fsp3) is 0.676. The van der Waals surface area contributed by atoms with Crippen LogP contribution in [0.4, 0.5) is 0 Å². The maximum atomic E-state index is 10.3. The second-order valence-corrected chi connectivity index (χ2v) is 14.0. The molecule has 0 aliphatic heterocycles. The predicted molar refractivity (Wildman–Crippen MR) is 241 cm³/mol. The minimum absolute atomic E-state index is 0.0231. The molecule has 31 heteroatoms. The summed E-state index contributed by atoms with van der Waals surface area (Å²) in [5.41, 5.74) is 45.9. The zero-order chi connectivity index (χ0) is 55.3. The zero-order valence-corrected chi connectivity index (χ0v) is 38.6. The van der Waals surface area contributed by atoms with Gasteiger partial charge in [0.1, 0.15) is 42.3 Å². The number of carboxylic acid groups (broad SMARTS) is 9. The van der Waals surface area contributed by atoms with Crippen molar-refractivity contribution in [3.63, 3.8) is 0 Å². The third-order valence-electron chi connectivity index (χ3n) is 7.36. The van der Waals surface area contributed by atoms with Gasteiger partial charge in [-0.05, 0) is 44.1 Å². The minimum Gasteiger partial charge on any atom is -0.481 e. The average Bonchev–Trinajstić information content (AvgIpc) is 3.78. The summed E-state index contributed by atoms with van der Waals surface area (Å²) < 4.78 is 0. The first-order valence-electron chi connectivity index (χ1n) is 20.1. The van der Waals surface area contributed by atoms with Gasteiger partial charge in [-0.3, -0.25) is 43.2 Å². The third-order valence-corrected chi connectivity index (χ3v) is 7.36. The number of hydrogen-bond donors (Lipinski definition) is 21. The smallest absolute Gasteiger partial charge is 0.322 e. The van der Waals surface area contributed by atoms with Gasteiger partial charge in [0.2, 0.25) is 0 Å². The largest absolute Gasteiger partial charge is 0.481 e. The number of aromatic nitrogens is 2. The molecule has 0 aromatic carbocycles. The van der Waals surface area contributed by atoms with Gasteiger partial charge in [-0.15, -0.1) is 0 Å². The van der Waals surface area contributed by atoms with E-state index in [9.17, 15) is 43.2 Å². The maximum Gasteiger partial charge on any atom is 0.322 e. The fourth-order valence-corrected chi connectivity index (χ4v) is 3.01. The number of aliphatic carboxylic acids is 9. The molecule has 0 aliphatic carbocycles. The van der Waals surface area contributed by atoms with E-state index in [2.05, 4.69) is 15.7 Å². The summed E-state index contributed by atoms with van der Waals surface area (Å²) >= 11 is 0. The Morgan fingerprint density at radius 2 is 0.941 bits per heavy atom. The number of hydrogen-bond acceptors (Lipinski definition) is 21. The number of aliphatic hydroxyl groups excluding tert-OH is 2. The van der Waals surface area contributed by atoms with Crippen molar-refractivity contribution in [3.05, 3.63) is 18.2 Å². The van der Waals surface area contributed by atoms with Crippen LogP contribution in [0.25, 0.3) is 0 Å². The topological polar surface area (TPSA) is 639 Å². The Morgan fingerprint density at radius 3 is 1.15 bits per heavy atom. The second kappa shape index (κ2) is 48.9. The van der Waals surface area contributed by atoms with Crippen LogP contribution in [0.3, 0.4) is 0 Å². The Labute approximate surface area is 392 Å². The normalized spacial score (nSPS) is 13.2. The van der Waals surface area contributed by atoms with Crippen molar-refractivity contribution in [2.75, 3.05) is 26.3 Å². The van der Waals surface area contributed by atoms with Crippen LogP contribution in [-0.2, 0) is 49.6 Å². The number of carbonyl (C=O) groups is 9. The van der Waals surface area contributed by atoms with E-state index in [0.29, 0.717) is 31.0 Å². The Hall–Kier alpha value is -6.00. The van der Waals surface area contributed by atoms with Crippen molar-refractivity contribution in [3.8, 4) is 0 Å². The van der Waals surface area contributed by atoms with Crippen LogP contribution < -0.4 is 51.6 Å². The lowest BCUT2D eigenvalue weighted by Crippen LogP contribution is -2.36. The van der Waals surface area contributed by atoms with Gasteiger partial charge in [0.15, 0.2) is 0 Å². The lowest BCUT2D eigenvalue weighted by molar-refractivity contribution is -0.141. The van der Waals surface area contributed by atoms with E-state index >= 15 is 0 Å². The summed E-state index contributed by atoms with van der Waals surface area (Å²) in [6, 6.07) is -6.28. The number of carboxylic acids is 9. The van der Waals surface area contributed by atoms with Crippen molar-refractivity contribution in [1.82, 2.24) is 9.97 Å². The molecule has 1 heterocycles. The molecule has 0 aliphatic rings. The van der Waals surface area contributed by atoms with Gasteiger partial charge in [0.25, 0.3) is 0 Å². The van der Waals surface area contributed by atoms with Gasteiger partial charge < -0.3 is 113 Å². The lowest BCUT2D eigenvalue weighted by atomic mass is 10.0. The molecule has 30 N–H and O–H groups in total. The number of aliphatic hydroxyl groups is 2. The predicted octanol–water partition coefficient (Wildman–Crippen LogP) is -5.15. The number of unbranched alkanes of at least 4 members (excludes halogenated alkanes) is 1. The molecule has 68 heavy (non-hydrogen) atoms. The number of H-pyrrole nitrogens is 1. The van der Waals surface area contributed by atoms with Crippen LogP contribution in [0.2, 0.25) is 0 Å². The first kappa shape index (κ1) is 76.3. The van der Waals surface area contributed by atoms with E-state index < -0.39 is 109 Å². The highest BCUT2D eigenvalue weighted by Gasteiger charge is 2.17. The number of nitrogens with zero attached hydrogens (tertiary/aromatic N) is 1. The molecule has 1 aromatic heterocycles. The monoisotopic (exact) mass is 996 g/mol. The van der Waals surface area contributed by atoms with Crippen molar-refractivity contribution in [2.45, 2.75) is 121 Å². The number of nitrogens with two attached hydrogens (primary N) is 9. The summed E-state index contributed by atoms with van der Waals surface area (Å²) in [5.74, 6) is -8.86. The summed E-state index contributed by atoms with van der Waals surface area (Å²) in [6.45, 7) is 6.97. The van der Waals surface area contributed by atoms with Gasteiger partial charge in [-0.2, -0.15) is 0 Å². The van der Waals surface area contributed by atoms with Crippen LogP contribution in [0, 0.1) is 11.8 Å². The van der Waals surface area contributed by atoms with E-state index in [0.717, 1.165) is 19.3 Å². The number of nitrogens with one attached hydrogen (secondary N) is 1. The van der Waals surface area contributed by atoms with Crippen molar-refractivity contribution < 1.29 is 99.3 Å². The molecule has 8 unspecified atom stereocenters. The molecule has 0 radical (unpaired) electrons. The molecular weight excluding hydrogens is 918 g/mol. The maximum absolute atomic E-state index is 10.3.